The molecule has 0 saturated carbocycles. The molecule has 0 bridgehead atoms. The van der Waals surface area contributed by atoms with Gasteiger partial charge in [0.2, 0.25) is 0 Å². The topological polar surface area (TPSA) is 73.6 Å². The lowest BCUT2D eigenvalue weighted by Gasteiger charge is -2.11. The zero-order chi connectivity index (χ0) is 18.7. The second kappa shape index (κ2) is 7.22. The zero-order valence-corrected chi connectivity index (χ0v) is 13.9. The minimum absolute atomic E-state index is 0.0221. The van der Waals surface area contributed by atoms with E-state index >= 15 is 0 Å². The minimum atomic E-state index is -1.05. The quantitative estimate of drug-likeness (QED) is 0.747. The van der Waals surface area contributed by atoms with Gasteiger partial charge in [0.25, 0.3) is 5.91 Å². The molecule has 0 aliphatic carbocycles. The van der Waals surface area contributed by atoms with Gasteiger partial charge in [0.15, 0.2) is 17.4 Å². The number of benzene rings is 2. The van der Waals surface area contributed by atoms with Crippen molar-refractivity contribution in [3.8, 4) is 22.8 Å². The van der Waals surface area contributed by atoms with Gasteiger partial charge in [-0.2, -0.15) is 0 Å². The first-order valence-corrected chi connectivity index (χ1v) is 7.47. The summed E-state index contributed by atoms with van der Waals surface area (Å²) >= 11 is 0. The van der Waals surface area contributed by atoms with Gasteiger partial charge in [-0.25, -0.2) is 8.78 Å². The van der Waals surface area contributed by atoms with E-state index in [2.05, 4.69) is 10.5 Å². The number of carbonyl (C=O) groups excluding carboxylic acids is 1. The van der Waals surface area contributed by atoms with Crippen molar-refractivity contribution in [2.45, 2.75) is 0 Å². The van der Waals surface area contributed by atoms with Crippen LogP contribution in [0.5, 0.6) is 11.5 Å². The Morgan fingerprint density at radius 1 is 1.08 bits per heavy atom. The molecule has 0 atom stereocenters. The van der Waals surface area contributed by atoms with Crippen LogP contribution in [-0.2, 0) is 0 Å². The third kappa shape index (κ3) is 3.34. The fraction of sp³-hybridized carbons (Fsp3) is 0.111. The number of nitrogens with one attached hydrogen (secondary N) is 1. The molecular weight excluding hydrogens is 346 g/mol. The fourth-order valence-electron chi connectivity index (χ4n) is 2.34. The third-order valence-electron chi connectivity index (χ3n) is 3.65. The van der Waals surface area contributed by atoms with Gasteiger partial charge in [0.05, 0.1) is 26.1 Å². The molecule has 8 heteroatoms. The van der Waals surface area contributed by atoms with Crippen LogP contribution in [0.15, 0.2) is 47.1 Å². The van der Waals surface area contributed by atoms with Gasteiger partial charge in [0.1, 0.15) is 17.1 Å². The van der Waals surface area contributed by atoms with E-state index in [1.807, 2.05) is 0 Å². The third-order valence-corrected chi connectivity index (χ3v) is 3.65. The maximum absolute atomic E-state index is 13.5. The molecule has 1 N–H and O–H groups in total. The Labute approximate surface area is 147 Å². The van der Waals surface area contributed by atoms with Crippen LogP contribution in [0.3, 0.4) is 0 Å². The van der Waals surface area contributed by atoms with Crippen molar-refractivity contribution >= 4 is 11.6 Å². The number of rotatable bonds is 5. The lowest BCUT2D eigenvalue weighted by Crippen LogP contribution is -2.13. The number of aromatic nitrogens is 1. The molecule has 6 nitrogen and oxygen atoms in total. The normalized spacial score (nSPS) is 10.5. The summed E-state index contributed by atoms with van der Waals surface area (Å²) in [4.78, 5) is 12.6. The molecule has 26 heavy (non-hydrogen) atoms. The van der Waals surface area contributed by atoms with E-state index in [1.165, 1.54) is 26.5 Å². The molecule has 2 aromatic carbocycles. The van der Waals surface area contributed by atoms with E-state index in [1.54, 1.807) is 18.2 Å². The van der Waals surface area contributed by atoms with Gasteiger partial charge in [-0.3, -0.25) is 4.79 Å². The first-order valence-electron chi connectivity index (χ1n) is 7.47. The number of hydrogen-bond donors (Lipinski definition) is 1. The number of anilines is 1. The van der Waals surface area contributed by atoms with E-state index < -0.39 is 17.5 Å². The molecule has 0 saturated heterocycles. The van der Waals surface area contributed by atoms with E-state index in [4.69, 9.17) is 14.0 Å². The summed E-state index contributed by atoms with van der Waals surface area (Å²) in [6.07, 6.45) is 1.20. The Bertz CT molecular complexity index is 956. The summed E-state index contributed by atoms with van der Waals surface area (Å²) in [6.45, 7) is 0. The van der Waals surface area contributed by atoms with Crippen molar-refractivity contribution in [2.24, 2.45) is 0 Å². The van der Waals surface area contributed by atoms with Crippen LogP contribution in [0.2, 0.25) is 0 Å². The number of amides is 1. The van der Waals surface area contributed by atoms with Gasteiger partial charge < -0.3 is 19.3 Å². The van der Waals surface area contributed by atoms with Crippen molar-refractivity contribution in [2.75, 3.05) is 19.5 Å². The SMILES string of the molecule is COc1ccc(NC(=O)c2cnoc2-c2ccc(F)c(F)c2)c(OC)c1. The molecule has 1 amide bonds. The molecule has 0 radical (unpaired) electrons. The van der Waals surface area contributed by atoms with E-state index in [0.29, 0.717) is 17.2 Å². The Balaban J connectivity index is 1.90. The molecule has 3 rings (SSSR count). The predicted octanol–water partition coefficient (Wildman–Crippen LogP) is 3.89. The molecule has 134 valence electrons. The number of nitrogens with zero attached hydrogens (tertiary/aromatic N) is 1. The van der Waals surface area contributed by atoms with E-state index in [-0.39, 0.29) is 16.9 Å². The second-order valence-electron chi connectivity index (χ2n) is 5.22. The monoisotopic (exact) mass is 360 g/mol. The number of halogens is 2. The van der Waals surface area contributed by atoms with Gasteiger partial charge in [-0.15, -0.1) is 0 Å². The van der Waals surface area contributed by atoms with Crippen LogP contribution in [0, 0.1) is 11.6 Å². The van der Waals surface area contributed by atoms with Crippen LogP contribution >= 0.6 is 0 Å². The summed E-state index contributed by atoms with van der Waals surface area (Å²) in [5, 5.41) is 6.24. The summed E-state index contributed by atoms with van der Waals surface area (Å²) in [5.74, 6) is -1.62. The number of ether oxygens (including phenoxy) is 2. The molecule has 1 aromatic heterocycles. The van der Waals surface area contributed by atoms with Crippen LogP contribution in [0.4, 0.5) is 14.5 Å². The molecular formula is C18H14F2N2O4. The zero-order valence-electron chi connectivity index (χ0n) is 13.9. The fourth-order valence-corrected chi connectivity index (χ4v) is 2.34. The van der Waals surface area contributed by atoms with Gasteiger partial charge in [0, 0.05) is 11.6 Å². The van der Waals surface area contributed by atoms with Crippen LogP contribution in [0.25, 0.3) is 11.3 Å². The molecule has 0 fully saturated rings. The maximum atomic E-state index is 13.5. The summed E-state index contributed by atoms with van der Waals surface area (Å²) in [7, 11) is 2.97. The van der Waals surface area contributed by atoms with Crippen molar-refractivity contribution in [1.82, 2.24) is 5.16 Å². The van der Waals surface area contributed by atoms with Crippen molar-refractivity contribution < 1.29 is 27.6 Å². The summed E-state index contributed by atoms with van der Waals surface area (Å²) in [6, 6.07) is 8.05. The lowest BCUT2D eigenvalue weighted by molar-refractivity contribution is 0.102. The Kier molecular flexibility index (Phi) is 4.83. The first-order chi connectivity index (χ1) is 12.5. The lowest BCUT2D eigenvalue weighted by atomic mass is 10.1. The van der Waals surface area contributed by atoms with Crippen LogP contribution < -0.4 is 14.8 Å². The first kappa shape index (κ1) is 17.4. The van der Waals surface area contributed by atoms with Gasteiger partial charge in [-0.05, 0) is 30.3 Å². The van der Waals surface area contributed by atoms with Crippen molar-refractivity contribution in [3.05, 3.63) is 59.8 Å². The highest BCUT2D eigenvalue weighted by Crippen LogP contribution is 2.31. The number of hydrogen-bond acceptors (Lipinski definition) is 5. The molecule has 1 heterocycles. The molecule has 0 aliphatic heterocycles. The Morgan fingerprint density at radius 2 is 1.88 bits per heavy atom. The Morgan fingerprint density at radius 3 is 2.58 bits per heavy atom. The average Bonchev–Trinajstić information content (AvgIpc) is 3.14. The largest absolute Gasteiger partial charge is 0.497 e. The maximum Gasteiger partial charge on any atom is 0.261 e. The van der Waals surface area contributed by atoms with E-state index in [0.717, 1.165) is 12.1 Å². The number of methoxy groups -OCH3 is 2. The van der Waals surface area contributed by atoms with Crippen LogP contribution in [0.1, 0.15) is 10.4 Å². The summed E-state index contributed by atoms with van der Waals surface area (Å²) in [5.41, 5.74) is 0.651. The highest BCUT2D eigenvalue weighted by atomic mass is 19.2. The van der Waals surface area contributed by atoms with Crippen LogP contribution in [-0.4, -0.2) is 25.3 Å². The molecule has 0 unspecified atom stereocenters. The standard InChI is InChI=1S/C18H14F2N2O4/c1-24-11-4-6-15(16(8-11)25-2)22-18(23)12-9-21-26-17(12)10-3-5-13(19)14(20)7-10/h3-9H,1-2H3,(H,22,23). The van der Waals surface area contributed by atoms with E-state index in [9.17, 15) is 13.6 Å². The average molecular weight is 360 g/mol. The second-order valence-corrected chi connectivity index (χ2v) is 5.22. The Hall–Kier alpha value is -3.42. The van der Waals surface area contributed by atoms with Crippen molar-refractivity contribution in [1.29, 1.82) is 0 Å². The number of carbonyl (C=O) groups is 1. The molecule has 0 spiro atoms. The highest BCUT2D eigenvalue weighted by Gasteiger charge is 2.20. The predicted molar refractivity (Wildman–Crippen MR) is 89.4 cm³/mol. The van der Waals surface area contributed by atoms with Gasteiger partial charge >= 0.3 is 0 Å². The summed E-state index contributed by atoms with van der Waals surface area (Å²) < 4.78 is 41.9. The highest BCUT2D eigenvalue weighted by molar-refractivity contribution is 6.08. The molecule has 3 aromatic rings. The molecule has 0 aliphatic rings. The smallest absolute Gasteiger partial charge is 0.261 e. The van der Waals surface area contributed by atoms with Crippen molar-refractivity contribution in [3.63, 3.8) is 0 Å². The minimum Gasteiger partial charge on any atom is -0.497 e. The van der Waals surface area contributed by atoms with Gasteiger partial charge in [-0.1, -0.05) is 5.16 Å².